The van der Waals surface area contributed by atoms with Crippen LogP contribution in [0.5, 0.6) is 0 Å². The Hall–Kier alpha value is -2.38. The zero-order chi connectivity index (χ0) is 17.8. The van der Waals surface area contributed by atoms with Crippen LogP contribution in [0.4, 0.5) is 5.69 Å². The number of thioether (sulfide) groups is 1. The molecule has 8 heteroatoms. The fourth-order valence-electron chi connectivity index (χ4n) is 2.25. The lowest BCUT2D eigenvalue weighted by Crippen LogP contribution is -2.15. The summed E-state index contributed by atoms with van der Waals surface area (Å²) in [7, 11) is 1.87. The van der Waals surface area contributed by atoms with Gasteiger partial charge in [0.1, 0.15) is 0 Å². The van der Waals surface area contributed by atoms with Gasteiger partial charge in [0.2, 0.25) is 5.91 Å². The third-order valence-electron chi connectivity index (χ3n) is 3.65. The van der Waals surface area contributed by atoms with Gasteiger partial charge in [-0.05, 0) is 36.8 Å². The molecule has 0 saturated heterocycles. The summed E-state index contributed by atoms with van der Waals surface area (Å²) in [6.45, 7) is 1.87. The van der Waals surface area contributed by atoms with Gasteiger partial charge in [-0.3, -0.25) is 9.78 Å². The van der Waals surface area contributed by atoms with Gasteiger partial charge in [-0.25, -0.2) is 0 Å². The molecule has 0 saturated carbocycles. The maximum absolute atomic E-state index is 12.2. The molecule has 3 aromatic rings. The van der Waals surface area contributed by atoms with Gasteiger partial charge in [-0.1, -0.05) is 29.4 Å². The van der Waals surface area contributed by atoms with Crippen molar-refractivity contribution in [3.63, 3.8) is 0 Å². The van der Waals surface area contributed by atoms with E-state index in [1.807, 2.05) is 42.8 Å². The lowest BCUT2D eigenvalue weighted by atomic mass is 10.2. The van der Waals surface area contributed by atoms with E-state index in [4.69, 9.17) is 11.6 Å². The van der Waals surface area contributed by atoms with Gasteiger partial charge in [0.05, 0.1) is 5.75 Å². The van der Waals surface area contributed by atoms with Crippen LogP contribution < -0.4 is 5.32 Å². The first-order valence-electron chi connectivity index (χ1n) is 7.54. The molecule has 2 aromatic heterocycles. The molecule has 1 aromatic carbocycles. The van der Waals surface area contributed by atoms with Crippen molar-refractivity contribution in [2.24, 2.45) is 7.05 Å². The van der Waals surface area contributed by atoms with Crippen molar-refractivity contribution in [2.75, 3.05) is 11.1 Å². The maximum atomic E-state index is 12.2. The van der Waals surface area contributed by atoms with Crippen molar-refractivity contribution in [3.05, 3.63) is 53.3 Å². The maximum Gasteiger partial charge on any atom is 0.234 e. The van der Waals surface area contributed by atoms with Gasteiger partial charge in [-0.2, -0.15) is 0 Å². The van der Waals surface area contributed by atoms with Crippen LogP contribution in [0.3, 0.4) is 0 Å². The van der Waals surface area contributed by atoms with Crippen LogP contribution in [0.25, 0.3) is 11.4 Å². The van der Waals surface area contributed by atoms with Crippen LogP contribution in [0.1, 0.15) is 5.56 Å². The van der Waals surface area contributed by atoms with Crippen LogP contribution >= 0.6 is 23.4 Å². The number of amides is 1. The highest BCUT2D eigenvalue weighted by Gasteiger charge is 2.13. The van der Waals surface area contributed by atoms with E-state index in [0.717, 1.165) is 17.0 Å². The van der Waals surface area contributed by atoms with Gasteiger partial charge < -0.3 is 9.88 Å². The highest BCUT2D eigenvalue weighted by molar-refractivity contribution is 7.99. The number of hydrogen-bond acceptors (Lipinski definition) is 5. The van der Waals surface area contributed by atoms with E-state index < -0.39 is 0 Å². The second-order valence-electron chi connectivity index (χ2n) is 5.35. The molecule has 1 N–H and O–H groups in total. The van der Waals surface area contributed by atoms with Crippen molar-refractivity contribution in [2.45, 2.75) is 12.1 Å². The SMILES string of the molecule is Cc1c(Cl)cccc1NC(=O)CSc1nnc(-c2ccncc2)n1C. The van der Waals surface area contributed by atoms with Crippen LogP contribution in [0, 0.1) is 6.92 Å². The van der Waals surface area contributed by atoms with Crippen molar-refractivity contribution < 1.29 is 4.79 Å². The fraction of sp³-hybridized carbons (Fsp3) is 0.176. The number of carbonyl (C=O) groups is 1. The summed E-state index contributed by atoms with van der Waals surface area (Å²) in [5, 5.41) is 12.5. The van der Waals surface area contributed by atoms with Crippen LogP contribution in [0.2, 0.25) is 5.02 Å². The Bertz CT molecular complexity index is 897. The lowest BCUT2D eigenvalue weighted by Gasteiger charge is -2.09. The van der Waals surface area contributed by atoms with E-state index in [1.54, 1.807) is 18.5 Å². The van der Waals surface area contributed by atoms with Crippen molar-refractivity contribution in [1.82, 2.24) is 19.7 Å². The molecular formula is C17H16ClN5OS. The molecule has 0 spiro atoms. The van der Waals surface area contributed by atoms with E-state index in [9.17, 15) is 4.79 Å². The summed E-state index contributed by atoms with van der Waals surface area (Å²) >= 11 is 7.40. The molecule has 1 amide bonds. The third-order valence-corrected chi connectivity index (χ3v) is 5.08. The van der Waals surface area contributed by atoms with E-state index in [-0.39, 0.29) is 11.7 Å². The summed E-state index contributed by atoms with van der Waals surface area (Å²) < 4.78 is 1.86. The highest BCUT2D eigenvalue weighted by atomic mass is 35.5. The number of carbonyl (C=O) groups excluding carboxylic acids is 1. The lowest BCUT2D eigenvalue weighted by molar-refractivity contribution is -0.113. The average Bonchev–Trinajstić information content (AvgIpc) is 2.99. The molecular weight excluding hydrogens is 358 g/mol. The monoisotopic (exact) mass is 373 g/mol. The van der Waals surface area contributed by atoms with Gasteiger partial charge in [0.25, 0.3) is 0 Å². The standard InChI is InChI=1S/C17H16ClN5OS/c1-11-13(18)4-3-5-14(11)20-15(24)10-25-17-22-21-16(23(17)2)12-6-8-19-9-7-12/h3-9H,10H2,1-2H3,(H,20,24). The number of nitrogens with zero attached hydrogens (tertiary/aromatic N) is 4. The molecule has 0 unspecified atom stereocenters. The molecule has 0 aliphatic carbocycles. The number of aromatic nitrogens is 4. The molecule has 0 fully saturated rings. The summed E-state index contributed by atoms with van der Waals surface area (Å²) in [5.74, 6) is 0.841. The number of nitrogens with one attached hydrogen (secondary N) is 1. The minimum Gasteiger partial charge on any atom is -0.325 e. The van der Waals surface area contributed by atoms with E-state index in [2.05, 4.69) is 20.5 Å². The largest absolute Gasteiger partial charge is 0.325 e. The van der Waals surface area contributed by atoms with Gasteiger partial charge in [0.15, 0.2) is 11.0 Å². The number of halogens is 1. The second-order valence-corrected chi connectivity index (χ2v) is 6.70. The molecule has 0 radical (unpaired) electrons. The van der Waals surface area contributed by atoms with Gasteiger partial charge in [-0.15, -0.1) is 10.2 Å². The van der Waals surface area contributed by atoms with Crippen LogP contribution in [0.15, 0.2) is 47.9 Å². The molecule has 0 aliphatic rings. The van der Waals surface area contributed by atoms with Gasteiger partial charge >= 0.3 is 0 Å². The van der Waals surface area contributed by atoms with Crippen molar-refractivity contribution in [1.29, 1.82) is 0 Å². The zero-order valence-electron chi connectivity index (χ0n) is 13.7. The number of rotatable bonds is 5. The zero-order valence-corrected chi connectivity index (χ0v) is 15.3. The molecule has 0 bridgehead atoms. The molecule has 0 aliphatic heterocycles. The third kappa shape index (κ3) is 4.00. The first kappa shape index (κ1) is 17.4. The van der Waals surface area contributed by atoms with E-state index in [1.165, 1.54) is 11.8 Å². The predicted molar refractivity (Wildman–Crippen MR) is 99.8 cm³/mol. The minimum atomic E-state index is -0.121. The van der Waals surface area contributed by atoms with Crippen molar-refractivity contribution in [3.8, 4) is 11.4 Å². The van der Waals surface area contributed by atoms with E-state index >= 15 is 0 Å². The quantitative estimate of drug-likeness (QED) is 0.692. The molecule has 3 rings (SSSR count). The Morgan fingerprint density at radius 1 is 1.24 bits per heavy atom. The number of anilines is 1. The normalized spacial score (nSPS) is 10.7. The Morgan fingerprint density at radius 2 is 2.00 bits per heavy atom. The summed E-state index contributed by atoms with van der Waals surface area (Å²) in [6, 6.07) is 9.16. The Kier molecular flexibility index (Phi) is 5.35. The molecule has 6 nitrogen and oxygen atoms in total. The first-order chi connectivity index (χ1) is 12.1. The average molecular weight is 374 g/mol. The fourth-order valence-corrected chi connectivity index (χ4v) is 3.14. The van der Waals surface area contributed by atoms with Crippen LogP contribution in [-0.2, 0) is 11.8 Å². The number of hydrogen-bond donors (Lipinski definition) is 1. The Morgan fingerprint density at radius 3 is 2.76 bits per heavy atom. The summed E-state index contributed by atoms with van der Waals surface area (Å²) in [6.07, 6.45) is 3.41. The molecule has 128 valence electrons. The smallest absolute Gasteiger partial charge is 0.234 e. The van der Waals surface area contributed by atoms with Crippen LogP contribution in [-0.4, -0.2) is 31.4 Å². The first-order valence-corrected chi connectivity index (χ1v) is 8.90. The number of benzene rings is 1. The Balaban J connectivity index is 1.65. The minimum absolute atomic E-state index is 0.121. The topological polar surface area (TPSA) is 72.7 Å². The highest BCUT2D eigenvalue weighted by Crippen LogP contribution is 2.24. The van der Waals surface area contributed by atoms with Crippen molar-refractivity contribution >= 4 is 35.0 Å². The molecule has 2 heterocycles. The molecule has 25 heavy (non-hydrogen) atoms. The predicted octanol–water partition coefficient (Wildman–Crippen LogP) is 3.57. The number of pyridine rings is 1. The molecule has 0 atom stereocenters. The summed E-state index contributed by atoms with van der Waals surface area (Å²) in [5.41, 5.74) is 2.49. The second kappa shape index (κ2) is 7.67. The van der Waals surface area contributed by atoms with E-state index in [0.29, 0.717) is 15.9 Å². The Labute approximate surface area is 154 Å². The van der Waals surface area contributed by atoms with Gasteiger partial charge in [0, 0.05) is 35.7 Å². The summed E-state index contributed by atoms with van der Waals surface area (Å²) in [4.78, 5) is 16.2.